The molecule has 0 unspecified atom stereocenters. The van der Waals surface area contributed by atoms with Gasteiger partial charge in [-0.1, -0.05) is 36.4 Å². The molecule has 11 heteroatoms. The number of rotatable bonds is 8. The monoisotopic (exact) mass is 587 g/mol. The van der Waals surface area contributed by atoms with Crippen LogP contribution < -0.4 is 10.2 Å². The van der Waals surface area contributed by atoms with Gasteiger partial charge in [0, 0.05) is 34.9 Å². The number of carbonyl (C=O) groups is 2. The van der Waals surface area contributed by atoms with Gasteiger partial charge in [-0.3, -0.25) is 20.0 Å². The summed E-state index contributed by atoms with van der Waals surface area (Å²) in [5.74, 6) is -0.355. The van der Waals surface area contributed by atoms with E-state index < -0.39 is 6.10 Å². The molecule has 212 valence electrons. The summed E-state index contributed by atoms with van der Waals surface area (Å²) < 4.78 is 1.76. The van der Waals surface area contributed by atoms with Crippen LogP contribution in [0.4, 0.5) is 11.6 Å². The lowest BCUT2D eigenvalue weighted by molar-refractivity contribution is 0.0991. The molecule has 6 rings (SSSR count). The van der Waals surface area contributed by atoms with E-state index in [9.17, 15) is 20.0 Å². The average Bonchev–Trinajstić information content (AvgIpc) is 3.81. The number of H-pyrrole nitrogens is 1. The minimum Gasteiger partial charge on any atom is -0.387 e. The van der Waals surface area contributed by atoms with Crippen LogP contribution in [-0.4, -0.2) is 43.7 Å². The molecule has 0 bridgehead atoms. The van der Waals surface area contributed by atoms with Crippen LogP contribution in [0.15, 0.2) is 97.3 Å². The summed E-state index contributed by atoms with van der Waals surface area (Å²) in [4.78, 5) is 34.1. The third kappa shape index (κ3) is 5.65. The summed E-state index contributed by atoms with van der Waals surface area (Å²) in [6.07, 6.45) is 2.59. The summed E-state index contributed by atoms with van der Waals surface area (Å²) in [5, 5.41) is 30.0. The summed E-state index contributed by atoms with van der Waals surface area (Å²) in [6.45, 7) is 0.135. The van der Waals surface area contributed by atoms with E-state index >= 15 is 0 Å². The van der Waals surface area contributed by atoms with Crippen molar-refractivity contribution in [1.82, 2.24) is 19.7 Å². The number of aromatic nitrogens is 4. The van der Waals surface area contributed by atoms with Gasteiger partial charge < -0.3 is 14.6 Å². The summed E-state index contributed by atoms with van der Waals surface area (Å²) in [7, 11) is 1.65. The Kier molecular flexibility index (Phi) is 7.53. The minimum absolute atomic E-state index is 0.135. The number of nitriles is 1. The molecule has 0 aliphatic rings. The topological polar surface area (TPSA) is 140 Å². The zero-order valence-corrected chi connectivity index (χ0v) is 23.7. The first kappa shape index (κ1) is 27.6. The molecule has 0 saturated carbocycles. The van der Waals surface area contributed by atoms with E-state index in [0.29, 0.717) is 32.7 Å². The maximum absolute atomic E-state index is 13.3. The van der Waals surface area contributed by atoms with Gasteiger partial charge in [0.25, 0.3) is 11.8 Å². The SMILES string of the molecule is CN(C(=O)c1cccc(C#N)c1)c1ccc2c(c1)nc(NC(=O)c1ccc(-c3cn[nH]c3)s1)n2C[C@H](O)c1ccccc1. The van der Waals surface area contributed by atoms with E-state index in [2.05, 4.69) is 21.6 Å². The first-order valence-electron chi connectivity index (χ1n) is 13.3. The normalized spacial score (nSPS) is 11.7. The second kappa shape index (κ2) is 11.7. The standard InChI is InChI=1S/C32H25N7O3S/c1-38(31(42)22-9-5-6-20(14-22)16-33)24-10-11-26-25(15-24)36-32(39(26)19-27(40)21-7-3-2-4-8-21)37-30(41)29-13-12-28(43-29)23-17-34-35-18-23/h2-15,17-18,27,40H,19H2,1H3,(H,34,35)(H,36,37,41)/t27-/m0/s1. The lowest BCUT2D eigenvalue weighted by atomic mass is 10.1. The highest BCUT2D eigenvalue weighted by atomic mass is 32.1. The first-order chi connectivity index (χ1) is 20.9. The number of aliphatic hydroxyl groups is 1. The molecule has 43 heavy (non-hydrogen) atoms. The Hall–Kier alpha value is -5.57. The van der Waals surface area contributed by atoms with Crippen molar-refractivity contribution in [3.63, 3.8) is 0 Å². The van der Waals surface area contributed by atoms with Crippen molar-refractivity contribution in [2.24, 2.45) is 0 Å². The number of hydrogen-bond donors (Lipinski definition) is 3. The number of nitrogens with zero attached hydrogens (tertiary/aromatic N) is 5. The Morgan fingerprint density at radius 3 is 2.70 bits per heavy atom. The van der Waals surface area contributed by atoms with E-state index in [1.807, 2.05) is 42.5 Å². The number of aliphatic hydroxyl groups excluding tert-OH is 1. The lowest BCUT2D eigenvalue weighted by Crippen LogP contribution is -2.26. The molecule has 3 N–H and O–H groups in total. The minimum atomic E-state index is -0.861. The number of thiophene rings is 1. The number of nitrogens with one attached hydrogen (secondary N) is 2. The Morgan fingerprint density at radius 2 is 1.93 bits per heavy atom. The van der Waals surface area contributed by atoms with E-state index in [0.717, 1.165) is 16.0 Å². The highest BCUT2D eigenvalue weighted by molar-refractivity contribution is 7.17. The zero-order chi connectivity index (χ0) is 29.9. The van der Waals surface area contributed by atoms with Crippen molar-refractivity contribution in [1.29, 1.82) is 5.26 Å². The Morgan fingerprint density at radius 1 is 1.09 bits per heavy atom. The molecule has 6 aromatic rings. The van der Waals surface area contributed by atoms with Crippen LogP contribution in [0.5, 0.6) is 0 Å². The van der Waals surface area contributed by atoms with Gasteiger partial charge in [-0.05, 0) is 54.1 Å². The van der Waals surface area contributed by atoms with Crippen molar-refractivity contribution < 1.29 is 14.7 Å². The van der Waals surface area contributed by atoms with Crippen molar-refractivity contribution >= 4 is 45.8 Å². The van der Waals surface area contributed by atoms with Crippen LogP contribution in [0.1, 0.15) is 37.3 Å². The summed E-state index contributed by atoms with van der Waals surface area (Å²) in [6, 6.07) is 26.8. The molecule has 3 heterocycles. The molecule has 3 aromatic carbocycles. The van der Waals surface area contributed by atoms with Crippen LogP contribution in [0.2, 0.25) is 0 Å². The molecule has 2 amide bonds. The van der Waals surface area contributed by atoms with Crippen molar-refractivity contribution in [3.8, 4) is 16.5 Å². The Balaban J connectivity index is 1.33. The second-order valence-electron chi connectivity index (χ2n) is 9.81. The smallest absolute Gasteiger partial charge is 0.268 e. The summed E-state index contributed by atoms with van der Waals surface area (Å²) >= 11 is 1.33. The van der Waals surface area contributed by atoms with Crippen LogP contribution in [-0.2, 0) is 6.54 Å². The highest BCUT2D eigenvalue weighted by Gasteiger charge is 2.21. The van der Waals surface area contributed by atoms with Gasteiger partial charge in [0.2, 0.25) is 5.95 Å². The molecular weight excluding hydrogens is 562 g/mol. The number of aromatic amines is 1. The summed E-state index contributed by atoms with van der Waals surface area (Å²) in [5.41, 5.74) is 4.17. The van der Waals surface area contributed by atoms with Gasteiger partial charge in [0.05, 0.1) is 46.4 Å². The second-order valence-corrected chi connectivity index (χ2v) is 10.9. The van der Waals surface area contributed by atoms with E-state index in [-0.39, 0.29) is 24.3 Å². The fourth-order valence-corrected chi connectivity index (χ4v) is 5.64. The van der Waals surface area contributed by atoms with E-state index in [4.69, 9.17) is 4.98 Å². The fourth-order valence-electron chi connectivity index (χ4n) is 4.76. The number of fused-ring (bicyclic) bond motifs is 1. The quantitative estimate of drug-likeness (QED) is 0.211. The van der Waals surface area contributed by atoms with Gasteiger partial charge in [-0.2, -0.15) is 10.4 Å². The largest absolute Gasteiger partial charge is 0.387 e. The maximum Gasteiger partial charge on any atom is 0.268 e. The number of amides is 2. The molecule has 3 aromatic heterocycles. The number of imidazole rings is 1. The zero-order valence-electron chi connectivity index (χ0n) is 22.9. The molecule has 0 spiro atoms. The first-order valence-corrected chi connectivity index (χ1v) is 14.1. The predicted octanol–water partition coefficient (Wildman–Crippen LogP) is 5.62. The van der Waals surface area contributed by atoms with Gasteiger partial charge in [-0.25, -0.2) is 4.98 Å². The lowest BCUT2D eigenvalue weighted by Gasteiger charge is -2.18. The number of hydrogen-bond acceptors (Lipinski definition) is 7. The molecular formula is C32H25N7O3S. The van der Waals surface area contributed by atoms with Crippen molar-refractivity contribution in [3.05, 3.63) is 119 Å². The number of anilines is 2. The fraction of sp³-hybridized carbons (Fsp3) is 0.0938. The van der Waals surface area contributed by atoms with Gasteiger partial charge in [-0.15, -0.1) is 11.3 Å². The molecule has 0 radical (unpaired) electrons. The van der Waals surface area contributed by atoms with Crippen molar-refractivity contribution in [2.75, 3.05) is 17.3 Å². The van der Waals surface area contributed by atoms with Crippen LogP contribution in [0, 0.1) is 11.3 Å². The van der Waals surface area contributed by atoms with Gasteiger partial charge in [0.15, 0.2) is 0 Å². The van der Waals surface area contributed by atoms with Gasteiger partial charge >= 0.3 is 0 Å². The maximum atomic E-state index is 13.3. The predicted molar refractivity (Wildman–Crippen MR) is 165 cm³/mol. The van der Waals surface area contributed by atoms with Crippen LogP contribution >= 0.6 is 11.3 Å². The van der Waals surface area contributed by atoms with Crippen LogP contribution in [0.3, 0.4) is 0 Å². The molecule has 10 nitrogen and oxygen atoms in total. The van der Waals surface area contributed by atoms with Crippen molar-refractivity contribution in [2.45, 2.75) is 12.6 Å². The Bertz CT molecular complexity index is 1970. The molecule has 0 saturated heterocycles. The third-order valence-corrected chi connectivity index (χ3v) is 8.17. The molecule has 0 fully saturated rings. The molecule has 0 aliphatic heterocycles. The molecule has 1 atom stereocenters. The number of benzene rings is 3. The Labute approximate surface area is 250 Å². The van der Waals surface area contributed by atoms with Gasteiger partial charge in [0.1, 0.15) is 0 Å². The van der Waals surface area contributed by atoms with E-state index in [1.54, 1.807) is 66.5 Å². The average molecular weight is 588 g/mol. The van der Waals surface area contributed by atoms with Crippen LogP contribution in [0.25, 0.3) is 21.5 Å². The molecule has 0 aliphatic carbocycles. The third-order valence-electron chi connectivity index (χ3n) is 7.04. The van der Waals surface area contributed by atoms with E-state index in [1.165, 1.54) is 16.2 Å². The number of carbonyl (C=O) groups excluding carboxylic acids is 2. The highest BCUT2D eigenvalue weighted by Crippen LogP contribution is 2.30.